The molecule has 0 aliphatic heterocycles. The maximum atomic E-state index is 14.0. The summed E-state index contributed by atoms with van der Waals surface area (Å²) in [5.74, 6) is -1.17. The molecule has 1 heterocycles. The van der Waals surface area contributed by atoms with Gasteiger partial charge in [-0.1, -0.05) is 6.07 Å². The van der Waals surface area contributed by atoms with Crippen LogP contribution in [0.4, 0.5) is 14.5 Å². The zero-order chi connectivity index (χ0) is 16.0. The van der Waals surface area contributed by atoms with Gasteiger partial charge in [-0.15, -0.1) is 0 Å². The summed E-state index contributed by atoms with van der Waals surface area (Å²) in [6.45, 7) is 0. The van der Waals surface area contributed by atoms with Crippen LogP contribution in [-0.2, 0) is 0 Å². The molecule has 4 rings (SSSR count). The molecule has 0 unspecified atom stereocenters. The third kappa shape index (κ3) is 2.23. The Balaban J connectivity index is 1.92. The van der Waals surface area contributed by atoms with Crippen molar-refractivity contribution in [1.82, 2.24) is 0 Å². The molecule has 4 aromatic rings. The summed E-state index contributed by atoms with van der Waals surface area (Å²) in [5.41, 5.74) is 3.45. The molecule has 4 heteroatoms. The monoisotopic (exact) mass is 309 g/mol. The van der Waals surface area contributed by atoms with Crippen molar-refractivity contribution in [2.75, 3.05) is 12.4 Å². The van der Waals surface area contributed by atoms with Crippen molar-refractivity contribution in [2.24, 2.45) is 0 Å². The van der Waals surface area contributed by atoms with Crippen LogP contribution in [0.5, 0.6) is 0 Å². The first kappa shape index (κ1) is 13.8. The quantitative estimate of drug-likeness (QED) is 0.523. The van der Waals surface area contributed by atoms with Gasteiger partial charge in [-0.2, -0.15) is 0 Å². The highest BCUT2D eigenvalue weighted by Crippen LogP contribution is 2.34. The normalized spacial score (nSPS) is 11.3. The Morgan fingerprint density at radius 2 is 1.70 bits per heavy atom. The molecule has 2 nitrogen and oxygen atoms in total. The molecule has 0 saturated carbocycles. The number of nitrogens with one attached hydrogen (secondary N) is 1. The van der Waals surface area contributed by atoms with E-state index in [1.165, 1.54) is 12.1 Å². The number of halogens is 2. The fourth-order valence-corrected chi connectivity index (χ4v) is 2.82. The van der Waals surface area contributed by atoms with E-state index in [9.17, 15) is 8.78 Å². The minimum absolute atomic E-state index is 0.352. The number of fused-ring (bicyclic) bond motifs is 3. The highest BCUT2D eigenvalue weighted by Gasteiger charge is 2.11. The molecular formula is C19H13F2NO. The molecule has 114 valence electrons. The SMILES string of the molecule is CNc1ccc2oc3cc(-c4ccc(F)cc4F)ccc3c2c1. The fourth-order valence-electron chi connectivity index (χ4n) is 2.82. The molecule has 0 spiro atoms. The van der Waals surface area contributed by atoms with Crippen LogP contribution in [0.1, 0.15) is 0 Å². The van der Waals surface area contributed by atoms with Gasteiger partial charge in [0.25, 0.3) is 0 Å². The van der Waals surface area contributed by atoms with Crippen LogP contribution < -0.4 is 5.32 Å². The lowest BCUT2D eigenvalue weighted by Gasteiger charge is -2.03. The molecule has 3 aromatic carbocycles. The molecule has 1 aromatic heterocycles. The van der Waals surface area contributed by atoms with E-state index in [4.69, 9.17) is 4.42 Å². The molecule has 0 atom stereocenters. The average Bonchev–Trinajstić information content (AvgIpc) is 2.91. The second kappa shape index (κ2) is 5.09. The van der Waals surface area contributed by atoms with Crippen LogP contribution in [0.2, 0.25) is 0 Å². The van der Waals surface area contributed by atoms with E-state index < -0.39 is 11.6 Å². The predicted octanol–water partition coefficient (Wildman–Crippen LogP) is 5.57. The van der Waals surface area contributed by atoms with Gasteiger partial charge in [0.1, 0.15) is 22.8 Å². The summed E-state index contributed by atoms with van der Waals surface area (Å²) in [4.78, 5) is 0. The number of furan rings is 1. The minimum atomic E-state index is -0.587. The van der Waals surface area contributed by atoms with Gasteiger partial charge in [-0.25, -0.2) is 8.78 Å². The zero-order valence-corrected chi connectivity index (χ0v) is 12.4. The van der Waals surface area contributed by atoms with E-state index >= 15 is 0 Å². The van der Waals surface area contributed by atoms with Crippen LogP contribution in [0, 0.1) is 11.6 Å². The molecule has 0 saturated heterocycles. The second-order valence-corrected chi connectivity index (χ2v) is 5.40. The minimum Gasteiger partial charge on any atom is -0.456 e. The van der Waals surface area contributed by atoms with Gasteiger partial charge < -0.3 is 9.73 Å². The summed E-state index contributed by atoms with van der Waals surface area (Å²) in [6, 6.07) is 14.9. The van der Waals surface area contributed by atoms with E-state index in [0.29, 0.717) is 16.7 Å². The smallest absolute Gasteiger partial charge is 0.136 e. The van der Waals surface area contributed by atoms with Crippen LogP contribution in [0.15, 0.2) is 59.0 Å². The lowest BCUT2D eigenvalue weighted by atomic mass is 10.0. The topological polar surface area (TPSA) is 25.2 Å². The molecule has 23 heavy (non-hydrogen) atoms. The Bertz CT molecular complexity index is 1040. The summed E-state index contributed by atoms with van der Waals surface area (Å²) in [5, 5.41) is 5.06. The Kier molecular flexibility index (Phi) is 3.05. The highest BCUT2D eigenvalue weighted by molar-refractivity contribution is 6.07. The van der Waals surface area contributed by atoms with E-state index in [1.807, 2.05) is 37.4 Å². The molecule has 0 aliphatic rings. The number of anilines is 1. The molecule has 0 aliphatic carbocycles. The Morgan fingerprint density at radius 1 is 0.826 bits per heavy atom. The van der Waals surface area contributed by atoms with Crippen molar-refractivity contribution in [1.29, 1.82) is 0 Å². The van der Waals surface area contributed by atoms with E-state index in [0.717, 1.165) is 28.1 Å². The molecule has 1 N–H and O–H groups in total. The van der Waals surface area contributed by atoms with Gasteiger partial charge in [0.2, 0.25) is 0 Å². The fraction of sp³-hybridized carbons (Fsp3) is 0.0526. The average molecular weight is 309 g/mol. The predicted molar refractivity (Wildman–Crippen MR) is 88.6 cm³/mol. The number of hydrogen-bond donors (Lipinski definition) is 1. The molecule has 0 amide bonds. The lowest BCUT2D eigenvalue weighted by molar-refractivity contribution is 0.585. The van der Waals surface area contributed by atoms with Gasteiger partial charge >= 0.3 is 0 Å². The first-order valence-electron chi connectivity index (χ1n) is 7.25. The summed E-state index contributed by atoms with van der Waals surface area (Å²) < 4.78 is 32.9. The van der Waals surface area contributed by atoms with Crippen molar-refractivity contribution in [3.8, 4) is 11.1 Å². The van der Waals surface area contributed by atoms with Crippen LogP contribution in [0.25, 0.3) is 33.1 Å². The largest absolute Gasteiger partial charge is 0.456 e. The molecule has 0 bridgehead atoms. The maximum absolute atomic E-state index is 14.0. The second-order valence-electron chi connectivity index (χ2n) is 5.40. The summed E-state index contributed by atoms with van der Waals surface area (Å²) in [6.07, 6.45) is 0. The van der Waals surface area contributed by atoms with Gasteiger partial charge in [-0.05, 0) is 48.0 Å². The van der Waals surface area contributed by atoms with Gasteiger partial charge in [0.15, 0.2) is 0 Å². The third-order valence-corrected chi connectivity index (χ3v) is 4.00. The Hall–Kier alpha value is -2.88. The highest BCUT2D eigenvalue weighted by atomic mass is 19.1. The summed E-state index contributed by atoms with van der Waals surface area (Å²) >= 11 is 0. The standard InChI is InChI=1S/C19H13F2NO/c1-22-13-4-7-18-16(10-13)15-5-2-11(8-19(15)23-18)14-6-3-12(20)9-17(14)21/h2-10,22H,1H3. The van der Waals surface area contributed by atoms with Gasteiger partial charge in [0.05, 0.1) is 0 Å². The van der Waals surface area contributed by atoms with Gasteiger partial charge in [-0.3, -0.25) is 0 Å². The lowest BCUT2D eigenvalue weighted by Crippen LogP contribution is -1.86. The number of benzene rings is 3. The summed E-state index contributed by atoms with van der Waals surface area (Å²) in [7, 11) is 1.86. The van der Waals surface area contributed by atoms with E-state index in [-0.39, 0.29) is 0 Å². The van der Waals surface area contributed by atoms with Crippen LogP contribution >= 0.6 is 0 Å². The molecular weight excluding hydrogens is 296 g/mol. The van der Waals surface area contributed by atoms with E-state index in [2.05, 4.69) is 5.32 Å². The van der Waals surface area contributed by atoms with Crippen molar-refractivity contribution < 1.29 is 13.2 Å². The van der Waals surface area contributed by atoms with Crippen molar-refractivity contribution in [2.45, 2.75) is 0 Å². The van der Waals surface area contributed by atoms with Gasteiger partial charge in [0, 0.05) is 35.1 Å². The van der Waals surface area contributed by atoms with Crippen molar-refractivity contribution in [3.63, 3.8) is 0 Å². The number of rotatable bonds is 2. The molecule has 0 fully saturated rings. The van der Waals surface area contributed by atoms with Crippen molar-refractivity contribution in [3.05, 3.63) is 66.2 Å². The Labute approximate surface area is 131 Å². The third-order valence-electron chi connectivity index (χ3n) is 4.00. The Morgan fingerprint density at radius 3 is 2.48 bits per heavy atom. The first-order valence-corrected chi connectivity index (χ1v) is 7.25. The van der Waals surface area contributed by atoms with Crippen LogP contribution in [0.3, 0.4) is 0 Å². The van der Waals surface area contributed by atoms with E-state index in [1.54, 1.807) is 6.07 Å². The van der Waals surface area contributed by atoms with Crippen molar-refractivity contribution >= 4 is 27.6 Å². The zero-order valence-electron chi connectivity index (χ0n) is 12.4. The number of hydrogen-bond acceptors (Lipinski definition) is 2. The molecule has 0 radical (unpaired) electrons. The maximum Gasteiger partial charge on any atom is 0.136 e. The van der Waals surface area contributed by atoms with Crippen LogP contribution in [-0.4, -0.2) is 7.05 Å². The first-order chi connectivity index (χ1) is 11.2.